The van der Waals surface area contributed by atoms with E-state index < -0.39 is 11.9 Å². The van der Waals surface area contributed by atoms with E-state index in [1.54, 1.807) is 0 Å². The van der Waals surface area contributed by atoms with Gasteiger partial charge in [0.2, 0.25) is 0 Å². The Hall–Kier alpha value is -2.08. The Morgan fingerprint density at radius 3 is 1.95 bits per heavy atom. The first-order valence-electron chi connectivity index (χ1n) is 7.33. The summed E-state index contributed by atoms with van der Waals surface area (Å²) in [5.41, 5.74) is 2.86. The minimum atomic E-state index is -1.82. The number of carboxylic acids is 2. The highest BCUT2D eigenvalue weighted by Gasteiger charge is 2.38. The van der Waals surface area contributed by atoms with Crippen LogP contribution in [0.3, 0.4) is 0 Å². The standard InChI is InChI=1S/C14H20N2.C2H2O4/c1-11-5-3-4-6-14(11)16-9-12-7-15(2)8-13(12)10-16;3-1(4)2(5)6/h3-6,12-13H,7-10H2,1-2H3;(H,3,4)(H,5,6). The number of benzene rings is 1. The van der Waals surface area contributed by atoms with Gasteiger partial charge in [-0.1, -0.05) is 18.2 Å². The molecule has 3 rings (SSSR count). The third-order valence-electron chi connectivity index (χ3n) is 4.31. The zero-order valence-electron chi connectivity index (χ0n) is 12.9. The number of likely N-dealkylation sites (tertiary alicyclic amines) is 1. The molecule has 6 heteroatoms. The second-order valence-corrected chi connectivity index (χ2v) is 6.04. The first-order valence-corrected chi connectivity index (χ1v) is 7.33. The number of carboxylic acid groups (broad SMARTS) is 2. The minimum absolute atomic E-state index is 0.893. The number of rotatable bonds is 1. The van der Waals surface area contributed by atoms with Crippen molar-refractivity contribution in [1.29, 1.82) is 0 Å². The molecule has 2 aliphatic rings. The van der Waals surface area contributed by atoms with Gasteiger partial charge in [-0.3, -0.25) is 0 Å². The second kappa shape index (κ2) is 6.79. The molecule has 0 spiro atoms. The Morgan fingerprint density at radius 1 is 1.00 bits per heavy atom. The molecule has 1 aromatic rings. The fourth-order valence-electron chi connectivity index (χ4n) is 3.34. The highest BCUT2D eigenvalue weighted by molar-refractivity contribution is 6.27. The van der Waals surface area contributed by atoms with Crippen LogP contribution < -0.4 is 4.90 Å². The topological polar surface area (TPSA) is 81.1 Å². The van der Waals surface area contributed by atoms with E-state index in [1.165, 1.54) is 37.4 Å². The molecule has 22 heavy (non-hydrogen) atoms. The van der Waals surface area contributed by atoms with Gasteiger partial charge in [-0.15, -0.1) is 0 Å². The molecule has 0 amide bonds. The highest BCUT2D eigenvalue weighted by atomic mass is 16.4. The SMILES string of the molecule is Cc1ccccc1N1CC2CN(C)CC2C1.O=C(O)C(=O)O. The molecule has 0 aliphatic carbocycles. The Labute approximate surface area is 130 Å². The van der Waals surface area contributed by atoms with E-state index in [1.807, 2.05) is 0 Å². The lowest BCUT2D eigenvalue weighted by molar-refractivity contribution is -0.159. The van der Waals surface area contributed by atoms with Gasteiger partial charge in [0.05, 0.1) is 0 Å². The van der Waals surface area contributed by atoms with Crippen LogP contribution in [0.15, 0.2) is 24.3 Å². The third kappa shape index (κ3) is 3.76. The maximum absolute atomic E-state index is 9.10. The normalized spacial score (nSPS) is 23.6. The number of para-hydroxylation sites is 1. The van der Waals surface area contributed by atoms with Gasteiger partial charge >= 0.3 is 11.9 Å². The zero-order valence-corrected chi connectivity index (χ0v) is 12.9. The number of aliphatic carboxylic acids is 2. The summed E-state index contributed by atoms with van der Waals surface area (Å²) in [6.07, 6.45) is 0. The smallest absolute Gasteiger partial charge is 0.414 e. The summed E-state index contributed by atoms with van der Waals surface area (Å²) in [6.45, 7) is 7.29. The number of fused-ring (bicyclic) bond motifs is 1. The van der Waals surface area contributed by atoms with Crippen LogP contribution in [0.25, 0.3) is 0 Å². The summed E-state index contributed by atoms with van der Waals surface area (Å²) in [5.74, 6) is -1.86. The Morgan fingerprint density at radius 2 is 1.50 bits per heavy atom. The first kappa shape index (κ1) is 16.3. The molecule has 1 aromatic carbocycles. The van der Waals surface area contributed by atoms with Crippen molar-refractivity contribution in [3.63, 3.8) is 0 Å². The molecule has 6 nitrogen and oxygen atoms in total. The number of carbonyl (C=O) groups is 2. The van der Waals surface area contributed by atoms with Crippen LogP contribution in [0.2, 0.25) is 0 Å². The van der Waals surface area contributed by atoms with Crippen LogP contribution in [-0.4, -0.2) is 60.3 Å². The van der Waals surface area contributed by atoms with E-state index in [0.717, 1.165) is 11.8 Å². The van der Waals surface area contributed by atoms with E-state index in [9.17, 15) is 0 Å². The van der Waals surface area contributed by atoms with Crippen LogP contribution in [0.4, 0.5) is 5.69 Å². The molecule has 2 fully saturated rings. The molecule has 0 bridgehead atoms. The fraction of sp³-hybridized carbons (Fsp3) is 0.500. The summed E-state index contributed by atoms with van der Waals surface area (Å²) < 4.78 is 0. The van der Waals surface area contributed by atoms with Crippen LogP contribution in [-0.2, 0) is 9.59 Å². The van der Waals surface area contributed by atoms with Gasteiger partial charge in [0.1, 0.15) is 0 Å². The van der Waals surface area contributed by atoms with Crippen LogP contribution in [0.1, 0.15) is 5.56 Å². The highest BCUT2D eigenvalue weighted by Crippen LogP contribution is 2.34. The van der Waals surface area contributed by atoms with Crippen molar-refractivity contribution in [3.8, 4) is 0 Å². The van der Waals surface area contributed by atoms with Crippen molar-refractivity contribution in [1.82, 2.24) is 4.90 Å². The van der Waals surface area contributed by atoms with Crippen molar-refractivity contribution in [3.05, 3.63) is 29.8 Å². The molecule has 2 aliphatic heterocycles. The molecule has 2 N–H and O–H groups in total. The summed E-state index contributed by atoms with van der Waals surface area (Å²) in [4.78, 5) is 23.3. The summed E-state index contributed by atoms with van der Waals surface area (Å²) >= 11 is 0. The lowest BCUT2D eigenvalue weighted by atomic mass is 10.0. The monoisotopic (exact) mass is 306 g/mol. The van der Waals surface area contributed by atoms with Gasteiger partial charge in [-0.2, -0.15) is 0 Å². The summed E-state index contributed by atoms with van der Waals surface area (Å²) in [5, 5.41) is 14.8. The average Bonchev–Trinajstić information content (AvgIpc) is 2.96. The number of nitrogens with zero attached hydrogens (tertiary/aromatic N) is 2. The molecule has 120 valence electrons. The summed E-state index contributed by atoms with van der Waals surface area (Å²) in [7, 11) is 2.25. The van der Waals surface area contributed by atoms with E-state index in [2.05, 4.69) is 48.0 Å². The fourth-order valence-corrected chi connectivity index (χ4v) is 3.34. The molecule has 2 unspecified atom stereocenters. The third-order valence-corrected chi connectivity index (χ3v) is 4.31. The lowest BCUT2D eigenvalue weighted by Crippen LogP contribution is -2.27. The van der Waals surface area contributed by atoms with Gasteiger partial charge in [-0.05, 0) is 37.4 Å². The van der Waals surface area contributed by atoms with Gasteiger partial charge in [0.15, 0.2) is 0 Å². The Balaban J connectivity index is 0.000000254. The van der Waals surface area contributed by atoms with Gasteiger partial charge < -0.3 is 20.0 Å². The maximum Gasteiger partial charge on any atom is 0.414 e. The van der Waals surface area contributed by atoms with Crippen molar-refractivity contribution in [2.45, 2.75) is 6.92 Å². The van der Waals surface area contributed by atoms with Crippen molar-refractivity contribution < 1.29 is 19.8 Å². The van der Waals surface area contributed by atoms with E-state index in [-0.39, 0.29) is 0 Å². The predicted octanol–water partition coefficient (Wildman–Crippen LogP) is 1.15. The molecule has 0 saturated carbocycles. The Bertz CT molecular complexity index is 535. The van der Waals surface area contributed by atoms with Crippen molar-refractivity contribution in [2.75, 3.05) is 38.1 Å². The molecule has 2 saturated heterocycles. The number of anilines is 1. The molecule has 2 atom stereocenters. The van der Waals surface area contributed by atoms with E-state index >= 15 is 0 Å². The second-order valence-electron chi connectivity index (χ2n) is 6.04. The summed E-state index contributed by atoms with van der Waals surface area (Å²) in [6, 6.07) is 8.77. The van der Waals surface area contributed by atoms with E-state index in [0.29, 0.717) is 0 Å². The van der Waals surface area contributed by atoms with Gasteiger partial charge in [0.25, 0.3) is 0 Å². The largest absolute Gasteiger partial charge is 0.473 e. The van der Waals surface area contributed by atoms with Crippen LogP contribution in [0.5, 0.6) is 0 Å². The van der Waals surface area contributed by atoms with E-state index in [4.69, 9.17) is 19.8 Å². The quantitative estimate of drug-likeness (QED) is 0.758. The van der Waals surface area contributed by atoms with Crippen molar-refractivity contribution in [2.24, 2.45) is 11.8 Å². The van der Waals surface area contributed by atoms with Gasteiger partial charge in [0, 0.05) is 31.9 Å². The predicted molar refractivity (Wildman–Crippen MR) is 83.1 cm³/mol. The zero-order chi connectivity index (χ0) is 16.3. The van der Waals surface area contributed by atoms with Crippen molar-refractivity contribution >= 4 is 17.6 Å². The maximum atomic E-state index is 9.10. The first-order chi connectivity index (χ1) is 10.4. The number of hydrogen-bond acceptors (Lipinski definition) is 4. The number of hydrogen-bond donors (Lipinski definition) is 2. The van der Waals surface area contributed by atoms with Crippen LogP contribution >= 0.6 is 0 Å². The van der Waals surface area contributed by atoms with Gasteiger partial charge in [-0.25, -0.2) is 9.59 Å². The molecule has 0 radical (unpaired) electrons. The minimum Gasteiger partial charge on any atom is -0.473 e. The van der Waals surface area contributed by atoms with Crippen LogP contribution in [0, 0.1) is 18.8 Å². The average molecular weight is 306 g/mol. The number of aryl methyl sites for hydroxylation is 1. The molecule has 0 aromatic heterocycles. The molecule has 2 heterocycles. The lowest BCUT2D eigenvalue weighted by Gasteiger charge is -2.23. The molecular formula is C16H22N2O4. The molecular weight excluding hydrogens is 284 g/mol. The Kier molecular flexibility index (Phi) is 5.03.